The molecule has 0 saturated carbocycles. The van der Waals surface area contributed by atoms with E-state index in [4.69, 9.17) is 27.9 Å². The van der Waals surface area contributed by atoms with Crippen molar-refractivity contribution in [1.29, 1.82) is 0 Å². The lowest BCUT2D eigenvalue weighted by atomic mass is 9.92. The van der Waals surface area contributed by atoms with E-state index in [1.807, 2.05) is 18.2 Å². The molecule has 1 aliphatic rings. The second-order valence-corrected chi connectivity index (χ2v) is 5.54. The zero-order valence-corrected chi connectivity index (χ0v) is 11.4. The number of benzene rings is 1. The van der Waals surface area contributed by atoms with Crippen molar-refractivity contribution < 1.29 is 4.74 Å². The van der Waals surface area contributed by atoms with E-state index in [1.165, 1.54) is 0 Å². The predicted octanol–water partition coefficient (Wildman–Crippen LogP) is 3.65. The second-order valence-electron chi connectivity index (χ2n) is 4.73. The summed E-state index contributed by atoms with van der Waals surface area (Å²) in [6.07, 6.45) is 2.05. The van der Waals surface area contributed by atoms with Crippen molar-refractivity contribution >= 4 is 23.2 Å². The zero-order valence-electron chi connectivity index (χ0n) is 9.93. The normalized spacial score (nSPS) is 19.2. The van der Waals surface area contributed by atoms with Crippen LogP contribution in [0.4, 0.5) is 0 Å². The quantitative estimate of drug-likeness (QED) is 0.908. The van der Waals surface area contributed by atoms with Crippen LogP contribution in [-0.2, 0) is 11.3 Å². The number of halogens is 2. The van der Waals surface area contributed by atoms with E-state index in [0.29, 0.717) is 6.54 Å². The van der Waals surface area contributed by atoms with Crippen LogP contribution in [0, 0.1) is 0 Å². The monoisotopic (exact) mass is 273 g/mol. The summed E-state index contributed by atoms with van der Waals surface area (Å²) in [7, 11) is 0. The second kappa shape index (κ2) is 5.57. The maximum Gasteiger partial charge on any atom is 0.0483 e. The van der Waals surface area contributed by atoms with E-state index in [2.05, 4.69) is 12.2 Å². The lowest BCUT2D eigenvalue weighted by molar-refractivity contribution is 0.0446. The molecule has 2 rings (SSSR count). The Morgan fingerprint density at radius 2 is 1.82 bits per heavy atom. The lowest BCUT2D eigenvalue weighted by Crippen LogP contribution is -2.46. The predicted molar refractivity (Wildman–Crippen MR) is 71.8 cm³/mol. The molecule has 94 valence electrons. The third-order valence-corrected chi connectivity index (χ3v) is 4.06. The van der Waals surface area contributed by atoms with Crippen LogP contribution in [0.3, 0.4) is 0 Å². The fraction of sp³-hybridized carbons (Fsp3) is 0.538. The van der Waals surface area contributed by atoms with Crippen LogP contribution < -0.4 is 5.32 Å². The third kappa shape index (κ3) is 3.35. The van der Waals surface area contributed by atoms with E-state index < -0.39 is 0 Å². The molecule has 0 aromatic heterocycles. The maximum atomic E-state index is 6.14. The summed E-state index contributed by atoms with van der Waals surface area (Å²) in [6, 6.07) is 5.61. The molecule has 1 heterocycles. The molecule has 17 heavy (non-hydrogen) atoms. The van der Waals surface area contributed by atoms with Crippen LogP contribution in [0.25, 0.3) is 0 Å². The lowest BCUT2D eigenvalue weighted by Gasteiger charge is -2.35. The van der Waals surface area contributed by atoms with Gasteiger partial charge in [-0.3, -0.25) is 0 Å². The topological polar surface area (TPSA) is 21.3 Å². The first-order chi connectivity index (χ1) is 8.11. The smallest absolute Gasteiger partial charge is 0.0483 e. The van der Waals surface area contributed by atoms with Crippen molar-refractivity contribution in [2.75, 3.05) is 13.2 Å². The summed E-state index contributed by atoms with van der Waals surface area (Å²) in [5, 5.41) is 4.99. The fourth-order valence-electron chi connectivity index (χ4n) is 2.00. The van der Waals surface area contributed by atoms with Gasteiger partial charge >= 0.3 is 0 Å². The first-order valence-corrected chi connectivity index (χ1v) is 6.62. The molecule has 1 aliphatic heterocycles. The molecular formula is C13H17Cl2NO. The van der Waals surface area contributed by atoms with Crippen LogP contribution >= 0.6 is 23.2 Å². The van der Waals surface area contributed by atoms with Crippen molar-refractivity contribution in [2.45, 2.75) is 31.8 Å². The van der Waals surface area contributed by atoms with E-state index in [0.717, 1.165) is 41.7 Å². The first kappa shape index (κ1) is 13.2. The SMILES string of the molecule is CC1(NCc2c(Cl)cccc2Cl)CCOCC1. The molecule has 1 aromatic rings. The van der Waals surface area contributed by atoms with Crippen molar-refractivity contribution in [2.24, 2.45) is 0 Å². The van der Waals surface area contributed by atoms with Crippen LogP contribution in [0.5, 0.6) is 0 Å². The highest BCUT2D eigenvalue weighted by Crippen LogP contribution is 2.26. The minimum absolute atomic E-state index is 0.126. The van der Waals surface area contributed by atoms with Gasteiger partial charge in [0.05, 0.1) is 0 Å². The summed E-state index contributed by atoms with van der Waals surface area (Å²) < 4.78 is 5.37. The van der Waals surface area contributed by atoms with Crippen LogP contribution in [0.15, 0.2) is 18.2 Å². The largest absolute Gasteiger partial charge is 0.381 e. The van der Waals surface area contributed by atoms with Gasteiger partial charge in [-0.15, -0.1) is 0 Å². The Bertz CT molecular complexity index is 369. The molecule has 4 heteroatoms. The molecule has 0 bridgehead atoms. The van der Waals surface area contributed by atoms with Gasteiger partial charge in [0.1, 0.15) is 0 Å². The standard InChI is InChI=1S/C13H17Cl2NO/c1-13(5-7-17-8-6-13)16-9-10-11(14)3-2-4-12(10)15/h2-4,16H,5-9H2,1H3. The van der Waals surface area contributed by atoms with Crippen molar-refractivity contribution in [1.82, 2.24) is 5.32 Å². The summed E-state index contributed by atoms with van der Waals surface area (Å²) in [4.78, 5) is 0. The summed E-state index contributed by atoms with van der Waals surface area (Å²) >= 11 is 12.3. The van der Waals surface area contributed by atoms with Gasteiger partial charge in [0, 0.05) is 40.9 Å². The highest BCUT2D eigenvalue weighted by molar-refractivity contribution is 6.35. The number of hydrogen-bond donors (Lipinski definition) is 1. The maximum absolute atomic E-state index is 6.14. The van der Waals surface area contributed by atoms with E-state index >= 15 is 0 Å². The van der Waals surface area contributed by atoms with Crippen molar-refractivity contribution in [3.8, 4) is 0 Å². The molecule has 0 aliphatic carbocycles. The molecule has 2 nitrogen and oxygen atoms in total. The molecule has 0 spiro atoms. The number of ether oxygens (including phenoxy) is 1. The Balaban J connectivity index is 2.02. The van der Waals surface area contributed by atoms with Gasteiger partial charge < -0.3 is 10.1 Å². The van der Waals surface area contributed by atoms with E-state index in [9.17, 15) is 0 Å². The minimum Gasteiger partial charge on any atom is -0.381 e. The van der Waals surface area contributed by atoms with Gasteiger partial charge in [0.25, 0.3) is 0 Å². The molecule has 1 saturated heterocycles. The average Bonchev–Trinajstić information content (AvgIpc) is 2.29. The Morgan fingerprint density at radius 3 is 2.41 bits per heavy atom. The van der Waals surface area contributed by atoms with E-state index in [1.54, 1.807) is 0 Å². The number of nitrogens with one attached hydrogen (secondary N) is 1. The van der Waals surface area contributed by atoms with Gasteiger partial charge in [-0.2, -0.15) is 0 Å². The zero-order chi connectivity index (χ0) is 12.3. The molecule has 1 aromatic carbocycles. The van der Waals surface area contributed by atoms with Gasteiger partial charge in [0.2, 0.25) is 0 Å². The Kier molecular flexibility index (Phi) is 4.31. The number of rotatable bonds is 3. The number of hydrogen-bond acceptors (Lipinski definition) is 2. The van der Waals surface area contributed by atoms with Gasteiger partial charge in [-0.1, -0.05) is 29.3 Å². The average molecular weight is 274 g/mol. The molecule has 0 unspecified atom stereocenters. The molecule has 1 N–H and O–H groups in total. The third-order valence-electron chi connectivity index (χ3n) is 3.35. The van der Waals surface area contributed by atoms with Crippen LogP contribution in [0.2, 0.25) is 10.0 Å². The Hall–Kier alpha value is -0.280. The molecule has 1 fully saturated rings. The molecular weight excluding hydrogens is 257 g/mol. The van der Waals surface area contributed by atoms with Crippen molar-refractivity contribution in [3.05, 3.63) is 33.8 Å². The Labute approximate surface area is 112 Å². The first-order valence-electron chi connectivity index (χ1n) is 5.86. The summed E-state index contributed by atoms with van der Waals surface area (Å²) in [5.41, 5.74) is 1.10. The van der Waals surface area contributed by atoms with Gasteiger partial charge in [0.15, 0.2) is 0 Å². The minimum atomic E-state index is 0.126. The summed E-state index contributed by atoms with van der Waals surface area (Å²) in [5.74, 6) is 0. The van der Waals surface area contributed by atoms with Crippen LogP contribution in [-0.4, -0.2) is 18.8 Å². The van der Waals surface area contributed by atoms with Crippen molar-refractivity contribution in [3.63, 3.8) is 0 Å². The summed E-state index contributed by atoms with van der Waals surface area (Å²) in [6.45, 7) is 4.56. The van der Waals surface area contributed by atoms with Crippen LogP contribution in [0.1, 0.15) is 25.3 Å². The van der Waals surface area contributed by atoms with E-state index in [-0.39, 0.29) is 5.54 Å². The fourth-order valence-corrected chi connectivity index (χ4v) is 2.53. The van der Waals surface area contributed by atoms with Gasteiger partial charge in [-0.05, 0) is 31.9 Å². The Morgan fingerprint density at radius 1 is 1.24 bits per heavy atom. The molecule has 0 atom stereocenters. The highest BCUT2D eigenvalue weighted by atomic mass is 35.5. The van der Waals surface area contributed by atoms with Gasteiger partial charge in [-0.25, -0.2) is 0 Å². The highest BCUT2D eigenvalue weighted by Gasteiger charge is 2.26. The molecule has 0 radical (unpaired) electrons. The molecule has 0 amide bonds.